The van der Waals surface area contributed by atoms with Crippen molar-refractivity contribution in [3.05, 3.63) is 52.9 Å². The van der Waals surface area contributed by atoms with Crippen LogP contribution in [0.15, 0.2) is 24.4 Å². The molecule has 11 nitrogen and oxygen atoms in total. The molecule has 2 aliphatic rings. The molecule has 0 unspecified atom stereocenters. The third kappa shape index (κ3) is 4.99. The zero-order chi connectivity index (χ0) is 28.2. The lowest BCUT2D eigenvalue weighted by molar-refractivity contribution is -0.133. The van der Waals surface area contributed by atoms with E-state index < -0.39 is 63.4 Å². The summed E-state index contributed by atoms with van der Waals surface area (Å²) in [7, 11) is -2.30. The van der Waals surface area contributed by atoms with E-state index in [2.05, 4.69) is 10.4 Å². The number of likely N-dealkylation sites (N-methyl/N-ethyl adjacent to an activating group) is 1. The van der Waals surface area contributed by atoms with Crippen LogP contribution in [-0.4, -0.2) is 82.0 Å². The number of halogens is 2. The molecule has 0 radical (unpaired) electrons. The zero-order valence-corrected chi connectivity index (χ0v) is 22.5. The summed E-state index contributed by atoms with van der Waals surface area (Å²) in [6, 6.07) is 0.501. The number of nitrogens with one attached hydrogen (secondary N) is 1. The zero-order valence-electron chi connectivity index (χ0n) is 21.7. The first kappa shape index (κ1) is 27.9. The summed E-state index contributed by atoms with van der Waals surface area (Å²) in [6.07, 6.45) is 0.0557. The number of ether oxygens (including phenoxy) is 1. The van der Waals surface area contributed by atoms with Crippen LogP contribution in [0.25, 0.3) is 0 Å². The molecule has 0 spiro atoms. The number of hydrogen-bond donors (Lipinski definition) is 2. The van der Waals surface area contributed by atoms with Gasteiger partial charge in [-0.05, 0) is 45.4 Å². The SMILES string of the molecule is CNC(=O)[C@H]1c2cnn(S(C)(=O)=O)c2CN1[C@H]1CO[C@H](c2cc(F)ccc2F)[C@@H](N(C(=O)O)C(C)(C)C)C1. The van der Waals surface area contributed by atoms with E-state index in [0.717, 1.165) is 33.4 Å². The lowest BCUT2D eigenvalue weighted by Gasteiger charge is -2.48. The van der Waals surface area contributed by atoms with Gasteiger partial charge >= 0.3 is 6.09 Å². The van der Waals surface area contributed by atoms with Gasteiger partial charge in [0.15, 0.2) is 0 Å². The molecular formula is C24H31F2N5O6S. The van der Waals surface area contributed by atoms with Crippen molar-refractivity contribution >= 4 is 22.0 Å². The molecule has 3 heterocycles. The Hall–Kier alpha value is -3.10. The van der Waals surface area contributed by atoms with E-state index in [0.29, 0.717) is 11.3 Å². The third-order valence-electron chi connectivity index (χ3n) is 6.96. The van der Waals surface area contributed by atoms with Crippen LogP contribution < -0.4 is 5.32 Å². The fraction of sp³-hybridized carbons (Fsp3) is 0.542. The molecule has 1 fully saturated rings. The summed E-state index contributed by atoms with van der Waals surface area (Å²) in [5.41, 5.74) is -0.309. The van der Waals surface area contributed by atoms with Crippen LogP contribution >= 0.6 is 0 Å². The van der Waals surface area contributed by atoms with Gasteiger partial charge in [-0.15, -0.1) is 0 Å². The minimum Gasteiger partial charge on any atom is -0.465 e. The summed E-state index contributed by atoms with van der Waals surface area (Å²) >= 11 is 0. The second-order valence-electron chi connectivity index (χ2n) is 10.5. The Labute approximate surface area is 219 Å². The molecule has 0 aliphatic carbocycles. The van der Waals surface area contributed by atoms with Crippen molar-refractivity contribution in [2.75, 3.05) is 19.9 Å². The minimum atomic E-state index is -3.75. The Bertz CT molecular complexity index is 1360. The van der Waals surface area contributed by atoms with E-state index in [9.17, 15) is 31.9 Å². The molecule has 4 rings (SSSR count). The van der Waals surface area contributed by atoms with Crippen LogP contribution in [0, 0.1) is 11.6 Å². The second-order valence-corrected chi connectivity index (χ2v) is 12.4. The van der Waals surface area contributed by atoms with Gasteiger partial charge in [-0.25, -0.2) is 22.0 Å². The van der Waals surface area contributed by atoms with Crippen molar-refractivity contribution < 1.29 is 36.6 Å². The average molecular weight is 556 g/mol. The van der Waals surface area contributed by atoms with Crippen LogP contribution in [0.1, 0.15) is 56.2 Å². The van der Waals surface area contributed by atoms with Gasteiger partial charge in [0.2, 0.25) is 5.91 Å². The van der Waals surface area contributed by atoms with E-state index in [1.54, 1.807) is 25.7 Å². The number of carboxylic acid groups (broad SMARTS) is 1. The number of amides is 2. The number of aromatic nitrogens is 2. The van der Waals surface area contributed by atoms with Gasteiger partial charge in [-0.1, -0.05) is 0 Å². The van der Waals surface area contributed by atoms with E-state index in [-0.39, 0.29) is 25.1 Å². The first-order valence-electron chi connectivity index (χ1n) is 12.0. The molecule has 1 saturated heterocycles. The van der Waals surface area contributed by atoms with E-state index in [1.807, 2.05) is 0 Å². The van der Waals surface area contributed by atoms with Gasteiger partial charge in [-0.3, -0.25) is 14.6 Å². The maximum Gasteiger partial charge on any atom is 0.408 e. The number of benzene rings is 1. The van der Waals surface area contributed by atoms with Crippen LogP contribution in [0.4, 0.5) is 13.6 Å². The van der Waals surface area contributed by atoms with E-state index >= 15 is 0 Å². The van der Waals surface area contributed by atoms with Gasteiger partial charge in [-0.2, -0.15) is 9.19 Å². The summed E-state index contributed by atoms with van der Waals surface area (Å²) in [5.74, 6) is -1.83. The predicted molar refractivity (Wildman–Crippen MR) is 132 cm³/mol. The quantitative estimate of drug-likeness (QED) is 0.574. The molecule has 2 aliphatic heterocycles. The normalized spacial score (nSPS) is 24.2. The van der Waals surface area contributed by atoms with Crippen LogP contribution in [0.3, 0.4) is 0 Å². The van der Waals surface area contributed by atoms with Crippen molar-refractivity contribution in [3.63, 3.8) is 0 Å². The summed E-state index contributed by atoms with van der Waals surface area (Å²) in [6.45, 7) is 5.04. The Morgan fingerprint density at radius 3 is 2.50 bits per heavy atom. The molecule has 2 aromatic rings. The molecule has 1 aromatic carbocycles. The molecule has 2 N–H and O–H groups in total. The molecule has 208 valence electrons. The first-order chi connectivity index (χ1) is 17.6. The minimum absolute atomic E-state index is 0.0306. The Kier molecular flexibility index (Phi) is 7.27. The van der Waals surface area contributed by atoms with Crippen molar-refractivity contribution in [1.29, 1.82) is 0 Å². The topological polar surface area (TPSA) is 134 Å². The molecular weight excluding hydrogens is 524 g/mol. The Balaban J connectivity index is 1.76. The van der Waals surface area contributed by atoms with Gasteiger partial charge in [0.25, 0.3) is 10.0 Å². The van der Waals surface area contributed by atoms with Crippen LogP contribution in [0.5, 0.6) is 0 Å². The molecule has 0 saturated carbocycles. The highest BCUT2D eigenvalue weighted by atomic mass is 32.2. The highest BCUT2D eigenvalue weighted by Crippen LogP contribution is 2.43. The summed E-state index contributed by atoms with van der Waals surface area (Å²) < 4.78 is 60.5. The predicted octanol–water partition coefficient (Wildman–Crippen LogP) is 2.25. The molecule has 38 heavy (non-hydrogen) atoms. The number of rotatable bonds is 5. The van der Waals surface area contributed by atoms with E-state index in [4.69, 9.17) is 4.74 Å². The standard InChI is InChI=1S/C24H31F2N5O6S/c1-24(2,3)30(23(33)34)18-9-14(12-37-21(18)15-8-13(25)6-7-17(15)26)29-11-19-16(20(29)22(32)27-4)10-28-31(19)38(5,35)36/h6-8,10,14,18,20-21H,9,11-12H2,1-5H3,(H,27,32)(H,33,34)/t14-,18+,20-,21-/m1/s1. The lowest BCUT2D eigenvalue weighted by Crippen LogP contribution is -2.59. The number of carbonyl (C=O) groups is 2. The number of fused-ring (bicyclic) bond motifs is 1. The fourth-order valence-electron chi connectivity index (χ4n) is 5.47. The van der Waals surface area contributed by atoms with Crippen molar-refractivity contribution in [2.45, 2.75) is 63.5 Å². The van der Waals surface area contributed by atoms with Crippen molar-refractivity contribution in [3.8, 4) is 0 Å². The Morgan fingerprint density at radius 1 is 1.24 bits per heavy atom. The summed E-state index contributed by atoms with van der Waals surface area (Å²) in [5, 5.41) is 16.7. The van der Waals surface area contributed by atoms with Crippen molar-refractivity contribution in [1.82, 2.24) is 24.3 Å². The van der Waals surface area contributed by atoms with Gasteiger partial charge in [0, 0.05) is 36.3 Å². The van der Waals surface area contributed by atoms with Gasteiger partial charge in [0.1, 0.15) is 23.8 Å². The average Bonchev–Trinajstić information content (AvgIpc) is 3.38. The second kappa shape index (κ2) is 9.89. The fourth-order valence-corrected chi connectivity index (χ4v) is 6.25. The number of hydrogen-bond acceptors (Lipinski definition) is 7. The van der Waals surface area contributed by atoms with Gasteiger partial charge in [0.05, 0.1) is 30.8 Å². The maximum absolute atomic E-state index is 14.9. The largest absolute Gasteiger partial charge is 0.465 e. The van der Waals surface area contributed by atoms with Crippen LogP contribution in [-0.2, 0) is 26.1 Å². The van der Waals surface area contributed by atoms with E-state index in [1.165, 1.54) is 13.2 Å². The molecule has 1 aromatic heterocycles. The summed E-state index contributed by atoms with van der Waals surface area (Å²) in [4.78, 5) is 28.3. The van der Waals surface area contributed by atoms with Gasteiger partial charge < -0.3 is 15.2 Å². The smallest absolute Gasteiger partial charge is 0.408 e. The highest BCUT2D eigenvalue weighted by Gasteiger charge is 2.49. The number of nitrogens with zero attached hydrogens (tertiary/aromatic N) is 4. The maximum atomic E-state index is 14.9. The molecule has 2 amide bonds. The Morgan fingerprint density at radius 2 is 1.92 bits per heavy atom. The van der Waals surface area contributed by atoms with Crippen molar-refractivity contribution in [2.24, 2.45) is 0 Å². The molecule has 0 bridgehead atoms. The number of carbonyl (C=O) groups excluding carboxylic acids is 1. The monoisotopic (exact) mass is 555 g/mol. The lowest BCUT2D eigenvalue weighted by atomic mass is 9.88. The highest BCUT2D eigenvalue weighted by molar-refractivity contribution is 7.89. The molecule has 4 atom stereocenters. The third-order valence-corrected chi connectivity index (χ3v) is 7.90. The molecule has 14 heteroatoms. The first-order valence-corrected chi connectivity index (χ1v) is 13.8. The van der Waals surface area contributed by atoms with Crippen LogP contribution in [0.2, 0.25) is 0 Å².